The van der Waals surface area contributed by atoms with E-state index in [-0.39, 0.29) is 0 Å². The second kappa shape index (κ2) is 6.49. The molecule has 124 valence electrons. The van der Waals surface area contributed by atoms with Crippen molar-refractivity contribution in [1.82, 2.24) is 4.98 Å². The number of hydrogen-bond acceptors (Lipinski definition) is 4. The SMILES string of the molecule is COc1ccc(-c2nc3cc(Oc4ccc(Cl)cc4)ccc3o2)cc1. The van der Waals surface area contributed by atoms with Gasteiger partial charge in [-0.15, -0.1) is 0 Å². The van der Waals surface area contributed by atoms with E-state index in [1.54, 1.807) is 19.2 Å². The predicted octanol–water partition coefficient (Wildman–Crippen LogP) is 5.95. The Labute approximate surface area is 149 Å². The zero-order valence-electron chi connectivity index (χ0n) is 13.4. The first-order valence-electron chi connectivity index (χ1n) is 7.70. The Morgan fingerprint density at radius 3 is 2.24 bits per heavy atom. The number of benzene rings is 3. The number of nitrogens with zero attached hydrogens (tertiary/aromatic N) is 1. The summed E-state index contributed by atoms with van der Waals surface area (Å²) in [6.45, 7) is 0. The lowest BCUT2D eigenvalue weighted by Gasteiger charge is -2.04. The van der Waals surface area contributed by atoms with E-state index in [0.717, 1.165) is 16.8 Å². The molecular formula is C20H14ClNO3. The van der Waals surface area contributed by atoms with Crippen molar-refractivity contribution in [2.24, 2.45) is 0 Å². The minimum atomic E-state index is 0.557. The van der Waals surface area contributed by atoms with Crippen LogP contribution in [0.2, 0.25) is 5.02 Å². The summed E-state index contributed by atoms with van der Waals surface area (Å²) in [7, 11) is 1.64. The zero-order valence-corrected chi connectivity index (χ0v) is 14.2. The molecule has 1 heterocycles. The number of halogens is 1. The maximum Gasteiger partial charge on any atom is 0.227 e. The van der Waals surface area contributed by atoms with Gasteiger partial charge >= 0.3 is 0 Å². The van der Waals surface area contributed by atoms with Crippen molar-refractivity contribution < 1.29 is 13.9 Å². The van der Waals surface area contributed by atoms with Crippen LogP contribution in [0.4, 0.5) is 0 Å². The van der Waals surface area contributed by atoms with E-state index in [2.05, 4.69) is 4.98 Å². The molecule has 4 nitrogen and oxygen atoms in total. The molecule has 0 saturated heterocycles. The molecule has 0 spiro atoms. The Bertz CT molecular complexity index is 1010. The Morgan fingerprint density at radius 1 is 0.840 bits per heavy atom. The van der Waals surface area contributed by atoms with Crippen LogP contribution in [-0.4, -0.2) is 12.1 Å². The molecule has 25 heavy (non-hydrogen) atoms. The van der Waals surface area contributed by atoms with Crippen LogP contribution < -0.4 is 9.47 Å². The summed E-state index contributed by atoms with van der Waals surface area (Å²) in [5.41, 5.74) is 2.32. The highest BCUT2D eigenvalue weighted by molar-refractivity contribution is 6.30. The fraction of sp³-hybridized carbons (Fsp3) is 0.0500. The third-order valence-electron chi connectivity index (χ3n) is 3.75. The number of aromatic nitrogens is 1. The summed E-state index contributed by atoms with van der Waals surface area (Å²) in [6.07, 6.45) is 0. The van der Waals surface area contributed by atoms with E-state index >= 15 is 0 Å². The van der Waals surface area contributed by atoms with Gasteiger partial charge < -0.3 is 13.9 Å². The van der Waals surface area contributed by atoms with Crippen LogP contribution in [0.1, 0.15) is 0 Å². The highest BCUT2D eigenvalue weighted by atomic mass is 35.5. The van der Waals surface area contributed by atoms with Gasteiger partial charge in [-0.3, -0.25) is 0 Å². The first kappa shape index (κ1) is 15.5. The molecule has 0 aliphatic carbocycles. The molecule has 1 aromatic heterocycles. The van der Waals surface area contributed by atoms with Crippen molar-refractivity contribution in [1.29, 1.82) is 0 Å². The van der Waals surface area contributed by atoms with Crippen molar-refractivity contribution in [3.63, 3.8) is 0 Å². The van der Waals surface area contributed by atoms with E-state index in [4.69, 9.17) is 25.5 Å². The smallest absolute Gasteiger partial charge is 0.227 e. The van der Waals surface area contributed by atoms with E-state index in [0.29, 0.717) is 28.0 Å². The molecule has 0 amide bonds. The number of oxazole rings is 1. The lowest BCUT2D eigenvalue weighted by molar-refractivity contribution is 0.415. The molecular weight excluding hydrogens is 338 g/mol. The van der Waals surface area contributed by atoms with Crippen molar-refractivity contribution in [2.45, 2.75) is 0 Å². The van der Waals surface area contributed by atoms with E-state index in [9.17, 15) is 0 Å². The largest absolute Gasteiger partial charge is 0.497 e. The first-order chi connectivity index (χ1) is 12.2. The van der Waals surface area contributed by atoms with Gasteiger partial charge in [0.25, 0.3) is 0 Å². The summed E-state index contributed by atoms with van der Waals surface area (Å²) in [5, 5.41) is 0.670. The van der Waals surface area contributed by atoms with E-state index < -0.39 is 0 Å². The lowest BCUT2D eigenvalue weighted by atomic mass is 10.2. The molecule has 0 radical (unpaired) electrons. The van der Waals surface area contributed by atoms with Crippen molar-refractivity contribution in [3.8, 4) is 28.7 Å². The normalized spacial score (nSPS) is 10.8. The quantitative estimate of drug-likeness (QED) is 0.455. The highest BCUT2D eigenvalue weighted by Crippen LogP contribution is 2.30. The monoisotopic (exact) mass is 351 g/mol. The van der Waals surface area contributed by atoms with Gasteiger partial charge in [0.1, 0.15) is 22.8 Å². The van der Waals surface area contributed by atoms with Gasteiger partial charge in [0.15, 0.2) is 5.58 Å². The molecule has 0 unspecified atom stereocenters. The predicted molar refractivity (Wildman–Crippen MR) is 97.5 cm³/mol. The van der Waals surface area contributed by atoms with Crippen molar-refractivity contribution in [2.75, 3.05) is 7.11 Å². The fourth-order valence-electron chi connectivity index (χ4n) is 2.47. The highest BCUT2D eigenvalue weighted by Gasteiger charge is 2.10. The Hall–Kier alpha value is -2.98. The molecule has 0 fully saturated rings. The zero-order chi connectivity index (χ0) is 17.2. The molecule has 0 aliphatic rings. The van der Waals surface area contributed by atoms with Crippen LogP contribution >= 0.6 is 11.6 Å². The Balaban J connectivity index is 1.63. The van der Waals surface area contributed by atoms with E-state index in [1.807, 2.05) is 54.6 Å². The minimum absolute atomic E-state index is 0.557. The number of fused-ring (bicyclic) bond motifs is 1. The molecule has 4 aromatic rings. The molecule has 5 heteroatoms. The van der Waals surface area contributed by atoms with Crippen LogP contribution in [0.25, 0.3) is 22.6 Å². The summed E-state index contributed by atoms with van der Waals surface area (Å²) in [5.74, 6) is 2.74. The van der Waals surface area contributed by atoms with Crippen LogP contribution in [0.15, 0.2) is 71.1 Å². The number of ether oxygens (including phenoxy) is 2. The van der Waals surface area contributed by atoms with Crippen LogP contribution in [0.5, 0.6) is 17.2 Å². The molecule has 0 atom stereocenters. The average Bonchev–Trinajstić information content (AvgIpc) is 3.07. The first-order valence-corrected chi connectivity index (χ1v) is 8.07. The van der Waals surface area contributed by atoms with Gasteiger partial charge in [0, 0.05) is 16.7 Å². The Kier molecular flexibility index (Phi) is 4.04. The number of rotatable bonds is 4. The standard InChI is InChI=1S/C20H14ClNO3/c1-23-15-6-2-13(3-7-15)20-22-18-12-17(10-11-19(18)25-20)24-16-8-4-14(21)5-9-16/h2-12H,1H3. The van der Waals surface area contributed by atoms with Gasteiger partial charge in [0.2, 0.25) is 5.89 Å². The molecule has 0 N–H and O–H groups in total. The Morgan fingerprint density at radius 2 is 1.52 bits per heavy atom. The molecule has 0 bridgehead atoms. The van der Waals surface area contributed by atoms with Crippen molar-refractivity contribution >= 4 is 22.7 Å². The maximum absolute atomic E-state index is 5.89. The number of methoxy groups -OCH3 is 1. The van der Waals surface area contributed by atoms with Crippen LogP contribution in [0, 0.1) is 0 Å². The third kappa shape index (κ3) is 3.30. The summed E-state index contributed by atoms with van der Waals surface area (Å²) in [6, 6.07) is 20.3. The summed E-state index contributed by atoms with van der Waals surface area (Å²) >= 11 is 5.89. The second-order valence-electron chi connectivity index (χ2n) is 5.43. The van der Waals surface area contributed by atoms with Crippen molar-refractivity contribution in [3.05, 3.63) is 71.8 Å². The van der Waals surface area contributed by atoms with Gasteiger partial charge in [0.05, 0.1) is 7.11 Å². The molecule has 4 rings (SSSR count). The summed E-state index contributed by atoms with van der Waals surface area (Å²) in [4.78, 5) is 4.55. The molecule has 0 saturated carbocycles. The minimum Gasteiger partial charge on any atom is -0.497 e. The van der Waals surface area contributed by atoms with Gasteiger partial charge in [-0.05, 0) is 60.7 Å². The third-order valence-corrected chi connectivity index (χ3v) is 4.00. The second-order valence-corrected chi connectivity index (χ2v) is 5.87. The van der Waals surface area contributed by atoms with Crippen LogP contribution in [-0.2, 0) is 0 Å². The molecule has 0 aliphatic heterocycles. The van der Waals surface area contributed by atoms with Gasteiger partial charge in [-0.2, -0.15) is 0 Å². The molecule has 3 aromatic carbocycles. The van der Waals surface area contributed by atoms with E-state index in [1.165, 1.54) is 0 Å². The lowest BCUT2D eigenvalue weighted by Crippen LogP contribution is -1.83. The average molecular weight is 352 g/mol. The summed E-state index contributed by atoms with van der Waals surface area (Å²) < 4.78 is 16.8. The topological polar surface area (TPSA) is 44.5 Å². The number of hydrogen-bond donors (Lipinski definition) is 0. The fourth-order valence-corrected chi connectivity index (χ4v) is 2.59. The van der Waals surface area contributed by atoms with Crippen LogP contribution in [0.3, 0.4) is 0 Å². The maximum atomic E-state index is 5.89. The van der Waals surface area contributed by atoms with Gasteiger partial charge in [-0.25, -0.2) is 4.98 Å². The van der Waals surface area contributed by atoms with Gasteiger partial charge in [-0.1, -0.05) is 11.6 Å².